The molecule has 0 spiro atoms. The molecular weight excluding hydrogens is 462 g/mol. The number of hydrogen-bond donors (Lipinski definition) is 1. The van der Waals surface area contributed by atoms with E-state index in [0.29, 0.717) is 30.9 Å². The number of fused-ring (bicyclic) bond motifs is 1. The molecule has 2 aromatic heterocycles. The van der Waals surface area contributed by atoms with Gasteiger partial charge in [0.15, 0.2) is 0 Å². The highest BCUT2D eigenvalue weighted by atomic mass is 16.2. The zero-order valence-electron chi connectivity index (χ0n) is 20.6. The normalized spacial score (nSPS) is 12.5. The molecule has 0 bridgehead atoms. The molecule has 184 valence electrons. The van der Waals surface area contributed by atoms with Gasteiger partial charge in [0.05, 0.1) is 5.69 Å². The summed E-state index contributed by atoms with van der Waals surface area (Å²) in [6.45, 7) is 6.79. The Balaban J connectivity index is 1.31. The van der Waals surface area contributed by atoms with Crippen molar-refractivity contribution in [2.24, 2.45) is 0 Å². The highest BCUT2D eigenvalue weighted by molar-refractivity contribution is 6.04. The number of rotatable bonds is 6. The first-order valence-electron chi connectivity index (χ1n) is 12.2. The lowest BCUT2D eigenvalue weighted by Crippen LogP contribution is -2.34. The minimum atomic E-state index is -0.175. The predicted molar refractivity (Wildman–Crippen MR) is 143 cm³/mol. The van der Waals surface area contributed by atoms with Crippen molar-refractivity contribution in [2.75, 3.05) is 11.9 Å². The highest BCUT2D eigenvalue weighted by Crippen LogP contribution is 2.24. The molecule has 5 rings (SSSR count). The Labute approximate surface area is 215 Å². The van der Waals surface area contributed by atoms with Crippen LogP contribution >= 0.6 is 0 Å². The molecule has 0 aliphatic carbocycles. The van der Waals surface area contributed by atoms with Crippen LogP contribution in [0.3, 0.4) is 0 Å². The molecule has 0 saturated heterocycles. The van der Waals surface area contributed by atoms with Crippen LogP contribution in [0.1, 0.15) is 38.4 Å². The maximum absolute atomic E-state index is 13.1. The SMILES string of the molecule is C=CC(=O)N1CCc2cc(NC(=O)c3ccc(C)c(Cc4nccc(-c5cccnc5)n4)c3)ccc2C1. The van der Waals surface area contributed by atoms with Crippen molar-refractivity contribution in [1.82, 2.24) is 19.9 Å². The van der Waals surface area contributed by atoms with E-state index in [1.807, 2.05) is 61.5 Å². The maximum atomic E-state index is 13.1. The van der Waals surface area contributed by atoms with Gasteiger partial charge >= 0.3 is 0 Å². The maximum Gasteiger partial charge on any atom is 0.255 e. The van der Waals surface area contributed by atoms with Gasteiger partial charge in [-0.1, -0.05) is 18.7 Å². The fourth-order valence-electron chi connectivity index (χ4n) is 4.48. The molecule has 0 unspecified atom stereocenters. The Morgan fingerprint density at radius 2 is 1.97 bits per heavy atom. The van der Waals surface area contributed by atoms with E-state index in [1.54, 1.807) is 23.5 Å². The molecule has 7 heteroatoms. The predicted octanol–water partition coefficient (Wildman–Crippen LogP) is 4.76. The summed E-state index contributed by atoms with van der Waals surface area (Å²) in [5, 5.41) is 3.02. The second-order valence-corrected chi connectivity index (χ2v) is 9.07. The molecule has 0 radical (unpaired) electrons. The Hall–Kier alpha value is -4.65. The summed E-state index contributed by atoms with van der Waals surface area (Å²) in [4.78, 5) is 40.1. The van der Waals surface area contributed by atoms with Crippen molar-refractivity contribution >= 4 is 17.5 Å². The molecule has 3 heterocycles. The Kier molecular flexibility index (Phi) is 6.85. The standard InChI is InChI=1S/C30H27N5O2/c1-3-29(36)35-14-11-21-16-26(9-8-24(21)19-35)33-30(37)22-7-6-20(2)25(15-22)17-28-32-13-10-27(34-28)23-5-4-12-31-18-23/h3-10,12-13,15-16,18H,1,11,14,17,19H2,2H3,(H,33,37). The first-order valence-corrected chi connectivity index (χ1v) is 12.2. The Bertz CT molecular complexity index is 1480. The molecule has 2 aromatic carbocycles. The van der Waals surface area contributed by atoms with Crippen molar-refractivity contribution in [3.8, 4) is 11.3 Å². The topological polar surface area (TPSA) is 88.1 Å². The number of aromatic nitrogens is 3. The van der Waals surface area contributed by atoms with Gasteiger partial charge in [0.25, 0.3) is 5.91 Å². The smallest absolute Gasteiger partial charge is 0.255 e. The zero-order valence-corrected chi connectivity index (χ0v) is 20.6. The molecule has 0 saturated carbocycles. The highest BCUT2D eigenvalue weighted by Gasteiger charge is 2.19. The van der Waals surface area contributed by atoms with Crippen LogP contribution in [0, 0.1) is 6.92 Å². The number of nitrogens with zero attached hydrogens (tertiary/aromatic N) is 4. The van der Waals surface area contributed by atoms with Crippen molar-refractivity contribution in [1.29, 1.82) is 0 Å². The molecule has 0 atom stereocenters. The molecule has 37 heavy (non-hydrogen) atoms. The van der Waals surface area contributed by atoms with Gasteiger partial charge in [-0.2, -0.15) is 0 Å². The van der Waals surface area contributed by atoms with Crippen molar-refractivity contribution in [2.45, 2.75) is 26.3 Å². The largest absolute Gasteiger partial charge is 0.335 e. The number of anilines is 1. The van der Waals surface area contributed by atoms with Gasteiger partial charge in [0.1, 0.15) is 5.82 Å². The number of hydrogen-bond acceptors (Lipinski definition) is 5. The molecule has 2 amide bonds. The summed E-state index contributed by atoms with van der Waals surface area (Å²) in [7, 11) is 0. The van der Waals surface area contributed by atoms with Crippen LogP contribution in [-0.2, 0) is 24.2 Å². The molecule has 1 N–H and O–H groups in total. The van der Waals surface area contributed by atoms with E-state index >= 15 is 0 Å². The summed E-state index contributed by atoms with van der Waals surface area (Å²) in [5.41, 5.74) is 7.35. The Morgan fingerprint density at radius 3 is 2.78 bits per heavy atom. The van der Waals surface area contributed by atoms with Crippen LogP contribution < -0.4 is 5.32 Å². The second kappa shape index (κ2) is 10.5. The van der Waals surface area contributed by atoms with E-state index in [9.17, 15) is 9.59 Å². The van der Waals surface area contributed by atoms with Gasteiger partial charge < -0.3 is 10.2 Å². The van der Waals surface area contributed by atoms with Crippen LogP contribution in [0.5, 0.6) is 0 Å². The minimum absolute atomic E-state index is 0.0626. The van der Waals surface area contributed by atoms with E-state index in [2.05, 4.69) is 21.9 Å². The molecular formula is C30H27N5O2. The molecule has 4 aromatic rings. The number of carbonyl (C=O) groups is 2. The minimum Gasteiger partial charge on any atom is -0.335 e. The summed E-state index contributed by atoms with van der Waals surface area (Å²) in [5.74, 6) is 0.443. The van der Waals surface area contributed by atoms with E-state index in [-0.39, 0.29) is 11.8 Å². The molecule has 1 aliphatic heterocycles. The lowest BCUT2D eigenvalue weighted by atomic mass is 9.98. The van der Waals surface area contributed by atoms with Crippen LogP contribution in [0.15, 0.2) is 85.8 Å². The molecule has 1 aliphatic rings. The van der Waals surface area contributed by atoms with Crippen LogP contribution in [0.4, 0.5) is 5.69 Å². The lowest BCUT2D eigenvalue weighted by Gasteiger charge is -2.28. The van der Waals surface area contributed by atoms with Crippen molar-refractivity contribution in [3.63, 3.8) is 0 Å². The number of aryl methyl sites for hydroxylation is 1. The summed E-state index contributed by atoms with van der Waals surface area (Å²) >= 11 is 0. The van der Waals surface area contributed by atoms with E-state index in [0.717, 1.165) is 45.6 Å². The number of benzene rings is 2. The van der Waals surface area contributed by atoms with Crippen molar-refractivity contribution in [3.05, 3.63) is 119 Å². The van der Waals surface area contributed by atoms with E-state index in [4.69, 9.17) is 4.98 Å². The molecule has 0 fully saturated rings. The van der Waals surface area contributed by atoms with Gasteiger partial charge in [0, 0.05) is 54.9 Å². The first-order chi connectivity index (χ1) is 18.0. The monoisotopic (exact) mass is 489 g/mol. The van der Waals surface area contributed by atoms with Crippen LogP contribution in [0.2, 0.25) is 0 Å². The summed E-state index contributed by atoms with van der Waals surface area (Å²) < 4.78 is 0. The van der Waals surface area contributed by atoms with E-state index in [1.165, 1.54) is 6.08 Å². The number of pyridine rings is 1. The lowest BCUT2D eigenvalue weighted by molar-refractivity contribution is -0.126. The zero-order chi connectivity index (χ0) is 25.8. The van der Waals surface area contributed by atoms with Gasteiger partial charge in [-0.3, -0.25) is 14.6 Å². The van der Waals surface area contributed by atoms with Gasteiger partial charge in [0.2, 0.25) is 5.91 Å². The van der Waals surface area contributed by atoms with Crippen LogP contribution in [0.25, 0.3) is 11.3 Å². The first kappa shape index (κ1) is 24.1. The number of nitrogens with one attached hydrogen (secondary N) is 1. The fourth-order valence-corrected chi connectivity index (χ4v) is 4.48. The van der Waals surface area contributed by atoms with E-state index < -0.39 is 0 Å². The fraction of sp³-hybridized carbons (Fsp3) is 0.167. The third-order valence-electron chi connectivity index (χ3n) is 6.59. The average Bonchev–Trinajstić information content (AvgIpc) is 2.94. The third kappa shape index (κ3) is 5.46. The second-order valence-electron chi connectivity index (χ2n) is 9.07. The molecule has 7 nitrogen and oxygen atoms in total. The van der Waals surface area contributed by atoms with Crippen LogP contribution in [-0.4, -0.2) is 38.2 Å². The van der Waals surface area contributed by atoms with Gasteiger partial charge in [-0.15, -0.1) is 0 Å². The van der Waals surface area contributed by atoms with Crippen molar-refractivity contribution < 1.29 is 9.59 Å². The number of amides is 2. The summed E-state index contributed by atoms with van der Waals surface area (Å²) in [6, 6.07) is 17.2. The summed E-state index contributed by atoms with van der Waals surface area (Å²) in [6.07, 6.45) is 7.86. The third-order valence-corrected chi connectivity index (χ3v) is 6.59. The number of carbonyl (C=O) groups excluding carboxylic acids is 2. The van der Waals surface area contributed by atoms with Gasteiger partial charge in [-0.25, -0.2) is 9.97 Å². The quantitative estimate of drug-likeness (QED) is 0.395. The Morgan fingerprint density at radius 1 is 1.08 bits per heavy atom. The average molecular weight is 490 g/mol. The van der Waals surface area contributed by atoms with Gasteiger partial charge in [-0.05, 0) is 84.1 Å².